The average Bonchev–Trinajstić information content (AvgIpc) is 2.65. The standard InChI is InChI=1S/C9H12O2.C4H8O2/c10-8-5-6-3-1-2-4-7(6)9(8)11;1-3-4(5)6-2/h6-7H,1-5H2;3H2,1-2H3. The van der Waals surface area contributed by atoms with Crippen LogP contribution in [0.4, 0.5) is 0 Å². The first kappa shape index (κ1) is 13.9. The summed E-state index contributed by atoms with van der Waals surface area (Å²) in [6.07, 6.45) is 5.43. The predicted octanol–water partition coefficient (Wildman–Crippen LogP) is 1.90. The van der Waals surface area contributed by atoms with Crippen LogP contribution in [0, 0.1) is 11.8 Å². The van der Waals surface area contributed by atoms with Crippen LogP contribution in [0.15, 0.2) is 0 Å². The molecule has 2 aliphatic rings. The third-order valence-electron chi connectivity index (χ3n) is 3.48. The van der Waals surface area contributed by atoms with E-state index in [4.69, 9.17) is 0 Å². The van der Waals surface area contributed by atoms with Gasteiger partial charge in [0.1, 0.15) is 0 Å². The summed E-state index contributed by atoms with van der Waals surface area (Å²) in [5.41, 5.74) is 0. The van der Waals surface area contributed by atoms with Crippen molar-refractivity contribution in [2.24, 2.45) is 11.8 Å². The van der Waals surface area contributed by atoms with E-state index < -0.39 is 0 Å². The van der Waals surface area contributed by atoms with Gasteiger partial charge in [0.15, 0.2) is 5.78 Å². The van der Waals surface area contributed by atoms with Crippen molar-refractivity contribution < 1.29 is 19.1 Å². The molecule has 17 heavy (non-hydrogen) atoms. The second kappa shape index (κ2) is 6.52. The van der Waals surface area contributed by atoms with E-state index in [0.29, 0.717) is 18.8 Å². The van der Waals surface area contributed by atoms with Crippen LogP contribution in [0.1, 0.15) is 45.4 Å². The van der Waals surface area contributed by atoms with Gasteiger partial charge in [-0.3, -0.25) is 14.4 Å². The first-order valence-corrected chi connectivity index (χ1v) is 6.24. The molecule has 96 valence electrons. The zero-order valence-electron chi connectivity index (χ0n) is 10.5. The van der Waals surface area contributed by atoms with Crippen molar-refractivity contribution in [1.82, 2.24) is 0 Å². The van der Waals surface area contributed by atoms with Crippen LogP contribution in [-0.4, -0.2) is 24.6 Å². The molecule has 4 nitrogen and oxygen atoms in total. The summed E-state index contributed by atoms with van der Waals surface area (Å²) in [5.74, 6) is 0.201. The largest absolute Gasteiger partial charge is 0.469 e. The Bertz CT molecular complexity index is 303. The lowest BCUT2D eigenvalue weighted by Crippen LogP contribution is -2.20. The first-order chi connectivity index (χ1) is 8.10. The summed E-state index contributed by atoms with van der Waals surface area (Å²) in [7, 11) is 1.38. The van der Waals surface area contributed by atoms with E-state index in [-0.39, 0.29) is 23.5 Å². The van der Waals surface area contributed by atoms with Gasteiger partial charge >= 0.3 is 5.97 Å². The lowest BCUT2D eigenvalue weighted by atomic mass is 9.81. The smallest absolute Gasteiger partial charge is 0.305 e. The minimum absolute atomic E-state index is 0.0744. The molecule has 2 aliphatic carbocycles. The molecule has 0 aromatic heterocycles. The number of hydrogen-bond acceptors (Lipinski definition) is 4. The van der Waals surface area contributed by atoms with Gasteiger partial charge < -0.3 is 4.74 Å². The Hall–Kier alpha value is -1.19. The number of methoxy groups -OCH3 is 1. The van der Waals surface area contributed by atoms with Gasteiger partial charge in [-0.15, -0.1) is 0 Å². The molecule has 0 aliphatic heterocycles. The van der Waals surface area contributed by atoms with Crippen LogP contribution < -0.4 is 0 Å². The first-order valence-electron chi connectivity index (χ1n) is 6.24. The molecule has 0 N–H and O–H groups in total. The fourth-order valence-electron chi connectivity index (χ4n) is 2.49. The van der Waals surface area contributed by atoms with Gasteiger partial charge in [-0.25, -0.2) is 0 Å². The number of rotatable bonds is 1. The number of carbonyl (C=O) groups excluding carboxylic acids is 3. The molecule has 0 saturated heterocycles. The summed E-state index contributed by atoms with van der Waals surface area (Å²) < 4.78 is 4.26. The summed E-state index contributed by atoms with van der Waals surface area (Å²) >= 11 is 0. The van der Waals surface area contributed by atoms with Gasteiger partial charge in [0.05, 0.1) is 7.11 Å². The maximum absolute atomic E-state index is 11.2. The van der Waals surface area contributed by atoms with E-state index in [2.05, 4.69) is 4.74 Å². The number of Topliss-reactive ketones (excluding diaryl/α,β-unsaturated/α-hetero) is 2. The molecular weight excluding hydrogens is 220 g/mol. The minimum atomic E-state index is -0.157. The fraction of sp³-hybridized carbons (Fsp3) is 0.769. The summed E-state index contributed by atoms with van der Waals surface area (Å²) in [4.78, 5) is 32.1. The minimum Gasteiger partial charge on any atom is -0.469 e. The third-order valence-corrected chi connectivity index (χ3v) is 3.48. The Kier molecular flexibility index (Phi) is 5.32. The molecule has 0 heterocycles. The van der Waals surface area contributed by atoms with Crippen molar-refractivity contribution in [1.29, 1.82) is 0 Å². The second-order valence-corrected chi connectivity index (χ2v) is 4.57. The van der Waals surface area contributed by atoms with Gasteiger partial charge in [0.25, 0.3) is 0 Å². The molecule has 2 atom stereocenters. The van der Waals surface area contributed by atoms with Gasteiger partial charge in [-0.1, -0.05) is 19.8 Å². The van der Waals surface area contributed by atoms with E-state index in [1.807, 2.05) is 0 Å². The Morgan fingerprint density at radius 3 is 2.41 bits per heavy atom. The number of carbonyl (C=O) groups is 3. The van der Waals surface area contributed by atoms with E-state index in [1.54, 1.807) is 6.92 Å². The van der Waals surface area contributed by atoms with Crippen molar-refractivity contribution in [2.75, 3.05) is 7.11 Å². The maximum atomic E-state index is 11.2. The van der Waals surface area contributed by atoms with Crippen LogP contribution in [0.3, 0.4) is 0 Å². The highest BCUT2D eigenvalue weighted by Crippen LogP contribution is 2.38. The molecule has 4 heteroatoms. The van der Waals surface area contributed by atoms with E-state index in [9.17, 15) is 14.4 Å². The van der Waals surface area contributed by atoms with E-state index in [1.165, 1.54) is 13.5 Å². The maximum Gasteiger partial charge on any atom is 0.305 e. The van der Waals surface area contributed by atoms with E-state index >= 15 is 0 Å². The average molecular weight is 240 g/mol. The number of ketones is 2. The van der Waals surface area contributed by atoms with Crippen LogP contribution in [0.25, 0.3) is 0 Å². The Balaban J connectivity index is 0.000000209. The SMILES string of the molecule is CCC(=O)OC.O=C1CC2CCCCC2C1=O. The number of hydrogen-bond donors (Lipinski definition) is 0. The van der Waals surface area contributed by atoms with Crippen molar-refractivity contribution in [3.05, 3.63) is 0 Å². The second-order valence-electron chi connectivity index (χ2n) is 4.57. The topological polar surface area (TPSA) is 60.4 Å². The molecule has 2 rings (SSSR count). The molecular formula is C13H20O4. The molecule has 0 radical (unpaired) electrons. The highest BCUT2D eigenvalue weighted by Gasteiger charge is 2.41. The quantitative estimate of drug-likeness (QED) is 0.519. The fourth-order valence-corrected chi connectivity index (χ4v) is 2.49. The van der Waals surface area contributed by atoms with Crippen LogP contribution in [0.2, 0.25) is 0 Å². The van der Waals surface area contributed by atoms with Crippen molar-refractivity contribution in [3.63, 3.8) is 0 Å². The summed E-state index contributed by atoms with van der Waals surface area (Å²) in [6.45, 7) is 1.76. The van der Waals surface area contributed by atoms with Gasteiger partial charge in [-0.2, -0.15) is 0 Å². The Morgan fingerprint density at radius 1 is 1.29 bits per heavy atom. The van der Waals surface area contributed by atoms with Crippen molar-refractivity contribution in [3.8, 4) is 0 Å². The highest BCUT2D eigenvalue weighted by molar-refractivity contribution is 6.40. The summed E-state index contributed by atoms with van der Waals surface area (Å²) in [6, 6.07) is 0. The monoisotopic (exact) mass is 240 g/mol. The lowest BCUT2D eigenvalue weighted by Gasteiger charge is -2.22. The Labute approximate surface area is 102 Å². The Morgan fingerprint density at radius 2 is 1.94 bits per heavy atom. The molecule has 0 aromatic carbocycles. The molecule has 2 unspecified atom stereocenters. The van der Waals surface area contributed by atoms with Crippen LogP contribution in [-0.2, 0) is 19.1 Å². The van der Waals surface area contributed by atoms with Crippen molar-refractivity contribution >= 4 is 17.5 Å². The van der Waals surface area contributed by atoms with Crippen molar-refractivity contribution in [2.45, 2.75) is 45.4 Å². The normalized spacial score (nSPS) is 26.9. The third kappa shape index (κ3) is 3.65. The van der Waals surface area contributed by atoms with Gasteiger partial charge in [-0.05, 0) is 18.8 Å². The zero-order chi connectivity index (χ0) is 12.8. The number of fused-ring (bicyclic) bond motifs is 1. The predicted molar refractivity (Wildman–Crippen MR) is 62.4 cm³/mol. The molecule has 2 saturated carbocycles. The number of esters is 1. The van der Waals surface area contributed by atoms with Gasteiger partial charge in [0.2, 0.25) is 5.78 Å². The van der Waals surface area contributed by atoms with Gasteiger partial charge in [0, 0.05) is 18.8 Å². The molecule has 2 fully saturated rings. The lowest BCUT2D eigenvalue weighted by molar-refractivity contribution is -0.140. The van der Waals surface area contributed by atoms with Crippen LogP contribution >= 0.6 is 0 Å². The molecule has 0 aromatic rings. The van der Waals surface area contributed by atoms with Crippen LogP contribution in [0.5, 0.6) is 0 Å². The van der Waals surface area contributed by atoms with E-state index in [0.717, 1.165) is 19.3 Å². The molecule has 0 amide bonds. The molecule has 0 bridgehead atoms. The number of ether oxygens (including phenoxy) is 1. The zero-order valence-corrected chi connectivity index (χ0v) is 10.5. The highest BCUT2D eigenvalue weighted by atomic mass is 16.5. The molecule has 0 spiro atoms. The summed E-state index contributed by atoms with van der Waals surface area (Å²) in [5, 5.41) is 0.